The van der Waals surface area contributed by atoms with Crippen molar-refractivity contribution in [1.29, 1.82) is 0 Å². The van der Waals surface area contributed by atoms with E-state index in [-0.39, 0.29) is 0 Å². The Morgan fingerprint density at radius 2 is 0.831 bits per heavy atom. The molecule has 0 N–H and O–H groups in total. The van der Waals surface area contributed by atoms with E-state index in [0.29, 0.717) is 11.7 Å². The maximum Gasteiger partial charge on any atom is 0.227 e. The Labute approximate surface area is 341 Å². The number of oxazole rings is 1. The average molecular weight is 755 g/mol. The molecule has 0 spiro atoms. The molecular weight excluding hydrogens is 721 g/mol. The van der Waals surface area contributed by atoms with Crippen LogP contribution < -0.4 is 0 Å². The zero-order chi connectivity index (χ0) is 39.1. The van der Waals surface area contributed by atoms with Crippen LogP contribution in [0.2, 0.25) is 0 Å². The second kappa shape index (κ2) is 14.5. The van der Waals surface area contributed by atoms with Crippen LogP contribution >= 0.6 is 0 Å². The topological polar surface area (TPSA) is 64.7 Å². The van der Waals surface area contributed by atoms with Crippen LogP contribution in [0.25, 0.3) is 112 Å². The molecule has 3 aromatic heterocycles. The lowest BCUT2D eigenvalue weighted by molar-refractivity contribution is 0.620. The summed E-state index contributed by atoms with van der Waals surface area (Å²) in [5, 5.41) is 3.03. The normalized spacial score (nSPS) is 11.4. The second-order valence-corrected chi connectivity index (χ2v) is 14.6. The van der Waals surface area contributed by atoms with Gasteiger partial charge in [-0.3, -0.25) is 0 Å². The van der Waals surface area contributed by atoms with E-state index in [1.54, 1.807) is 0 Å². The molecule has 0 aliphatic carbocycles. The largest absolute Gasteiger partial charge is 0.436 e. The van der Waals surface area contributed by atoms with E-state index in [1.807, 2.05) is 91.0 Å². The molecule has 0 aliphatic rings. The number of benzene rings is 8. The van der Waals surface area contributed by atoms with Crippen molar-refractivity contribution in [1.82, 2.24) is 19.9 Å². The number of hydrogen-bond donors (Lipinski definition) is 0. The van der Waals surface area contributed by atoms with E-state index >= 15 is 0 Å². The number of hydrogen-bond acceptors (Lipinski definition) is 5. The van der Waals surface area contributed by atoms with Crippen molar-refractivity contribution < 1.29 is 4.42 Å². The molecule has 0 atom stereocenters. The molecule has 0 aliphatic heterocycles. The molecule has 5 heteroatoms. The van der Waals surface area contributed by atoms with Crippen molar-refractivity contribution in [2.45, 2.75) is 0 Å². The van der Waals surface area contributed by atoms with E-state index in [1.165, 1.54) is 11.1 Å². The zero-order valence-electron chi connectivity index (χ0n) is 31.8. The Bertz CT molecular complexity index is 3230. The first kappa shape index (κ1) is 34.2. The SMILES string of the molecule is c1ccc(-c2cccc(-c3ccc4c(c3)nc(-c3ccc(-c5cc(-c6ccccc6)nc(-c6ccccc6)n5)cc3)c3ccc5oc(-c6ccccc6)nc5c34)c2)cc1. The molecule has 11 aromatic rings. The third-order valence-corrected chi connectivity index (χ3v) is 10.9. The van der Waals surface area contributed by atoms with Gasteiger partial charge in [0.1, 0.15) is 5.52 Å². The second-order valence-electron chi connectivity index (χ2n) is 14.6. The zero-order valence-corrected chi connectivity index (χ0v) is 31.8. The molecule has 0 fully saturated rings. The highest BCUT2D eigenvalue weighted by Gasteiger charge is 2.19. The summed E-state index contributed by atoms with van der Waals surface area (Å²) in [7, 11) is 0. The minimum absolute atomic E-state index is 0.591. The van der Waals surface area contributed by atoms with Crippen molar-refractivity contribution in [2.24, 2.45) is 0 Å². The van der Waals surface area contributed by atoms with Crippen LogP contribution in [-0.4, -0.2) is 19.9 Å². The van der Waals surface area contributed by atoms with E-state index < -0.39 is 0 Å². The molecule has 0 amide bonds. The summed E-state index contributed by atoms with van der Waals surface area (Å²) in [6.07, 6.45) is 0. The molecule has 11 rings (SSSR count). The molecule has 0 bridgehead atoms. The maximum atomic E-state index is 6.41. The van der Waals surface area contributed by atoms with Gasteiger partial charge in [0.25, 0.3) is 0 Å². The first-order chi connectivity index (χ1) is 29.2. The fourth-order valence-electron chi connectivity index (χ4n) is 7.96. The van der Waals surface area contributed by atoms with E-state index in [2.05, 4.69) is 115 Å². The highest BCUT2D eigenvalue weighted by Crippen LogP contribution is 2.40. The fourth-order valence-corrected chi connectivity index (χ4v) is 7.96. The van der Waals surface area contributed by atoms with Gasteiger partial charge >= 0.3 is 0 Å². The van der Waals surface area contributed by atoms with E-state index in [0.717, 1.165) is 88.8 Å². The van der Waals surface area contributed by atoms with Crippen LogP contribution in [0.3, 0.4) is 0 Å². The summed E-state index contributed by atoms with van der Waals surface area (Å²) in [5.41, 5.74) is 14.5. The van der Waals surface area contributed by atoms with Crippen LogP contribution in [0, 0.1) is 0 Å². The summed E-state index contributed by atoms with van der Waals surface area (Å²) >= 11 is 0. The van der Waals surface area contributed by atoms with Crippen molar-refractivity contribution in [3.05, 3.63) is 206 Å². The Morgan fingerprint density at radius 1 is 0.322 bits per heavy atom. The standard InChI is InChI=1S/C54H34N4O/c1-5-14-35(15-6-1)41-22-13-23-42(32-41)43-28-29-44-48(33-43)55-51(45-30-31-49-52(50(44)45)58-54(59-49)40-20-11-4-12-21-40)38-26-24-37(25-27-38)47-34-46(36-16-7-2-8-17-36)56-53(57-47)39-18-9-3-10-19-39/h1-34H. The van der Waals surface area contributed by atoms with Gasteiger partial charge in [0.2, 0.25) is 5.89 Å². The molecule has 0 saturated heterocycles. The van der Waals surface area contributed by atoms with Gasteiger partial charge < -0.3 is 4.42 Å². The summed E-state index contributed by atoms with van der Waals surface area (Å²) in [6.45, 7) is 0. The fraction of sp³-hybridized carbons (Fsp3) is 0. The van der Waals surface area contributed by atoms with Crippen LogP contribution in [0.1, 0.15) is 0 Å². The van der Waals surface area contributed by atoms with Gasteiger partial charge in [0.15, 0.2) is 11.4 Å². The lowest BCUT2D eigenvalue weighted by atomic mass is 9.95. The molecule has 3 heterocycles. The quantitative estimate of drug-likeness (QED) is 0.152. The van der Waals surface area contributed by atoms with Crippen LogP contribution in [-0.2, 0) is 0 Å². The minimum Gasteiger partial charge on any atom is -0.436 e. The molecular formula is C54H34N4O. The Balaban J connectivity index is 1.07. The Kier molecular flexibility index (Phi) is 8.41. The van der Waals surface area contributed by atoms with Gasteiger partial charge in [-0.05, 0) is 64.7 Å². The summed E-state index contributed by atoms with van der Waals surface area (Å²) in [4.78, 5) is 20.6. The monoisotopic (exact) mass is 754 g/mol. The molecule has 5 nitrogen and oxygen atoms in total. The third kappa shape index (κ3) is 6.41. The van der Waals surface area contributed by atoms with Crippen molar-refractivity contribution in [2.75, 3.05) is 0 Å². The van der Waals surface area contributed by atoms with Crippen molar-refractivity contribution >= 4 is 32.8 Å². The highest BCUT2D eigenvalue weighted by molar-refractivity contribution is 6.21. The number of fused-ring (bicyclic) bond motifs is 5. The van der Waals surface area contributed by atoms with Crippen LogP contribution in [0.15, 0.2) is 211 Å². The molecule has 276 valence electrons. The highest BCUT2D eigenvalue weighted by atomic mass is 16.3. The number of aromatic nitrogens is 4. The first-order valence-electron chi connectivity index (χ1n) is 19.7. The van der Waals surface area contributed by atoms with Crippen molar-refractivity contribution in [3.63, 3.8) is 0 Å². The first-order valence-corrected chi connectivity index (χ1v) is 19.7. The summed E-state index contributed by atoms with van der Waals surface area (Å²) in [5.74, 6) is 1.28. The predicted octanol–water partition coefficient (Wildman–Crippen LogP) is 14.0. The summed E-state index contributed by atoms with van der Waals surface area (Å²) < 4.78 is 6.41. The van der Waals surface area contributed by atoms with E-state index in [4.69, 9.17) is 24.4 Å². The number of pyridine rings is 1. The van der Waals surface area contributed by atoms with E-state index in [9.17, 15) is 0 Å². The molecule has 0 unspecified atom stereocenters. The number of rotatable bonds is 7. The van der Waals surface area contributed by atoms with Gasteiger partial charge in [0.05, 0.1) is 22.6 Å². The molecule has 0 radical (unpaired) electrons. The Hall–Kier alpha value is -8.02. The lowest BCUT2D eigenvalue weighted by Crippen LogP contribution is -1.96. The Morgan fingerprint density at radius 3 is 1.51 bits per heavy atom. The molecule has 8 aromatic carbocycles. The van der Waals surface area contributed by atoms with Gasteiger partial charge in [0, 0.05) is 44.0 Å². The van der Waals surface area contributed by atoms with Crippen LogP contribution in [0.4, 0.5) is 0 Å². The van der Waals surface area contributed by atoms with Gasteiger partial charge in [-0.1, -0.05) is 164 Å². The van der Waals surface area contributed by atoms with Gasteiger partial charge in [-0.2, -0.15) is 0 Å². The van der Waals surface area contributed by atoms with Crippen molar-refractivity contribution in [3.8, 4) is 78.9 Å². The maximum absolute atomic E-state index is 6.41. The molecule has 59 heavy (non-hydrogen) atoms. The lowest BCUT2D eigenvalue weighted by Gasteiger charge is -2.13. The van der Waals surface area contributed by atoms with Gasteiger partial charge in [-0.15, -0.1) is 0 Å². The number of nitrogens with zero attached hydrogens (tertiary/aromatic N) is 4. The third-order valence-electron chi connectivity index (χ3n) is 10.9. The predicted molar refractivity (Wildman–Crippen MR) is 240 cm³/mol. The smallest absolute Gasteiger partial charge is 0.227 e. The molecule has 0 saturated carbocycles. The van der Waals surface area contributed by atoms with Crippen LogP contribution in [0.5, 0.6) is 0 Å². The average Bonchev–Trinajstić information content (AvgIpc) is 3.77. The van der Waals surface area contributed by atoms with Gasteiger partial charge in [-0.25, -0.2) is 19.9 Å². The minimum atomic E-state index is 0.591. The summed E-state index contributed by atoms with van der Waals surface area (Å²) in [6, 6.07) is 71.0.